The van der Waals surface area contributed by atoms with Crippen molar-refractivity contribution in [2.75, 3.05) is 11.9 Å². The molecule has 0 aliphatic carbocycles. The first-order chi connectivity index (χ1) is 8.02. The molecule has 0 aliphatic rings. The highest BCUT2D eigenvalue weighted by molar-refractivity contribution is 5.92. The number of aromatic hydroxyl groups is 1. The van der Waals surface area contributed by atoms with Crippen molar-refractivity contribution in [3.05, 3.63) is 24.0 Å². The van der Waals surface area contributed by atoms with Gasteiger partial charge in [0, 0.05) is 17.8 Å². The minimum atomic E-state index is -0.752. The van der Waals surface area contributed by atoms with Crippen LogP contribution in [0.1, 0.15) is 20.3 Å². The molecule has 0 heterocycles. The van der Waals surface area contributed by atoms with Gasteiger partial charge in [0.05, 0.1) is 6.54 Å². The first kappa shape index (κ1) is 13.4. The molecule has 0 spiro atoms. The van der Waals surface area contributed by atoms with E-state index >= 15 is 0 Å². The van der Waals surface area contributed by atoms with Crippen LogP contribution in [0.2, 0.25) is 0 Å². The number of amides is 1. The summed E-state index contributed by atoms with van der Waals surface area (Å²) in [5.41, 5.74) is 0.330. The highest BCUT2D eigenvalue weighted by atomic mass is 19.1. The Bertz CT molecular complexity index is 396. The van der Waals surface area contributed by atoms with E-state index in [0.717, 1.165) is 12.5 Å². The number of carbonyl (C=O) groups is 1. The number of phenolic OH excluding ortho intramolecular Hbond substituents is 1. The average Bonchev–Trinajstić information content (AvgIpc) is 2.31. The summed E-state index contributed by atoms with van der Waals surface area (Å²) in [6.45, 7) is 4.18. The summed E-state index contributed by atoms with van der Waals surface area (Å²) in [5, 5.41) is 14.5. The molecule has 1 rings (SSSR count). The molecule has 17 heavy (non-hydrogen) atoms. The third-order valence-electron chi connectivity index (χ3n) is 2.45. The zero-order valence-electron chi connectivity index (χ0n) is 9.96. The second-order valence-electron chi connectivity index (χ2n) is 3.90. The van der Waals surface area contributed by atoms with E-state index in [1.165, 1.54) is 12.1 Å². The Morgan fingerprint density at radius 1 is 1.53 bits per heavy atom. The fraction of sp³-hybridized carbons (Fsp3) is 0.417. The van der Waals surface area contributed by atoms with E-state index in [4.69, 9.17) is 5.11 Å². The number of rotatable bonds is 5. The van der Waals surface area contributed by atoms with Gasteiger partial charge in [-0.1, -0.05) is 6.92 Å². The summed E-state index contributed by atoms with van der Waals surface area (Å²) in [5.74, 6) is -1.42. The number of hydrogen-bond donors (Lipinski definition) is 3. The maximum Gasteiger partial charge on any atom is 0.238 e. The van der Waals surface area contributed by atoms with E-state index in [9.17, 15) is 9.18 Å². The second-order valence-corrected chi connectivity index (χ2v) is 3.90. The van der Waals surface area contributed by atoms with Gasteiger partial charge in [-0.05, 0) is 25.5 Å². The van der Waals surface area contributed by atoms with Crippen molar-refractivity contribution in [1.82, 2.24) is 5.32 Å². The molecule has 0 fully saturated rings. The Morgan fingerprint density at radius 3 is 2.82 bits per heavy atom. The fourth-order valence-electron chi connectivity index (χ4n) is 1.20. The van der Waals surface area contributed by atoms with E-state index in [-0.39, 0.29) is 18.5 Å². The van der Waals surface area contributed by atoms with Crippen LogP contribution in [0, 0.1) is 5.82 Å². The number of halogens is 1. The summed E-state index contributed by atoms with van der Waals surface area (Å²) in [6, 6.07) is 3.99. The van der Waals surface area contributed by atoms with E-state index < -0.39 is 11.6 Å². The van der Waals surface area contributed by atoms with E-state index in [1.807, 2.05) is 13.8 Å². The van der Waals surface area contributed by atoms with Gasteiger partial charge in [0.1, 0.15) is 0 Å². The molecule has 1 atom stereocenters. The first-order valence-electron chi connectivity index (χ1n) is 5.54. The van der Waals surface area contributed by atoms with E-state index in [2.05, 4.69) is 10.6 Å². The van der Waals surface area contributed by atoms with Crippen LogP contribution in [0.5, 0.6) is 5.75 Å². The molecule has 0 aliphatic heterocycles. The van der Waals surface area contributed by atoms with Crippen LogP contribution >= 0.6 is 0 Å². The largest absolute Gasteiger partial charge is 0.505 e. The fourth-order valence-corrected chi connectivity index (χ4v) is 1.20. The molecule has 94 valence electrons. The second kappa shape index (κ2) is 6.20. The lowest BCUT2D eigenvalue weighted by atomic mass is 10.2. The normalized spacial score (nSPS) is 12.2. The lowest BCUT2D eigenvalue weighted by Gasteiger charge is -2.11. The minimum Gasteiger partial charge on any atom is -0.505 e. The van der Waals surface area contributed by atoms with Crippen molar-refractivity contribution in [3.63, 3.8) is 0 Å². The molecular weight excluding hydrogens is 223 g/mol. The minimum absolute atomic E-state index is 0.178. The average molecular weight is 240 g/mol. The lowest BCUT2D eigenvalue weighted by molar-refractivity contribution is -0.115. The number of benzene rings is 1. The Kier molecular flexibility index (Phi) is 4.90. The van der Waals surface area contributed by atoms with Gasteiger partial charge >= 0.3 is 0 Å². The molecule has 0 bridgehead atoms. The van der Waals surface area contributed by atoms with Gasteiger partial charge in [0.25, 0.3) is 0 Å². The van der Waals surface area contributed by atoms with E-state index in [0.29, 0.717) is 5.69 Å². The van der Waals surface area contributed by atoms with Crippen molar-refractivity contribution in [2.45, 2.75) is 26.3 Å². The summed E-state index contributed by atoms with van der Waals surface area (Å²) < 4.78 is 13.0. The van der Waals surface area contributed by atoms with Crippen LogP contribution in [0.25, 0.3) is 0 Å². The lowest BCUT2D eigenvalue weighted by Crippen LogP contribution is -2.33. The summed E-state index contributed by atoms with van der Waals surface area (Å²) >= 11 is 0. The molecule has 1 aromatic rings. The molecular formula is C12H17FN2O2. The number of hydrogen-bond acceptors (Lipinski definition) is 3. The third kappa shape index (κ3) is 4.40. The Hall–Kier alpha value is -1.62. The first-order valence-corrected chi connectivity index (χ1v) is 5.54. The molecule has 0 aromatic heterocycles. The van der Waals surface area contributed by atoms with Crippen molar-refractivity contribution >= 4 is 11.6 Å². The summed E-state index contributed by atoms with van der Waals surface area (Å²) in [6.07, 6.45) is 0.932. The van der Waals surface area contributed by atoms with Gasteiger partial charge in [-0.25, -0.2) is 4.39 Å². The smallest absolute Gasteiger partial charge is 0.238 e. The van der Waals surface area contributed by atoms with Gasteiger partial charge in [-0.2, -0.15) is 0 Å². The zero-order chi connectivity index (χ0) is 12.8. The van der Waals surface area contributed by atoms with Gasteiger partial charge in [0.15, 0.2) is 11.6 Å². The van der Waals surface area contributed by atoms with Crippen LogP contribution in [0.15, 0.2) is 18.2 Å². The van der Waals surface area contributed by atoms with Crippen molar-refractivity contribution in [2.24, 2.45) is 0 Å². The zero-order valence-corrected chi connectivity index (χ0v) is 9.96. The van der Waals surface area contributed by atoms with Crippen LogP contribution in [0.4, 0.5) is 10.1 Å². The van der Waals surface area contributed by atoms with Crippen LogP contribution in [0.3, 0.4) is 0 Å². The highest BCUT2D eigenvalue weighted by Crippen LogP contribution is 2.19. The Balaban J connectivity index is 2.48. The standard InChI is InChI=1S/C12H17FN2O2/c1-3-8(2)14-7-12(17)15-9-4-5-11(16)10(13)6-9/h4-6,8,14,16H,3,7H2,1-2H3,(H,15,17). The van der Waals surface area contributed by atoms with Gasteiger partial charge < -0.3 is 15.7 Å². The molecule has 0 saturated carbocycles. The Morgan fingerprint density at radius 2 is 2.24 bits per heavy atom. The molecule has 1 aromatic carbocycles. The maximum atomic E-state index is 13.0. The number of phenols is 1. The molecule has 3 N–H and O–H groups in total. The maximum absolute atomic E-state index is 13.0. The number of anilines is 1. The van der Waals surface area contributed by atoms with Gasteiger partial charge in [-0.15, -0.1) is 0 Å². The van der Waals surface area contributed by atoms with Crippen LogP contribution in [-0.4, -0.2) is 23.6 Å². The molecule has 1 amide bonds. The molecule has 0 saturated heterocycles. The number of carbonyl (C=O) groups excluding carboxylic acids is 1. The predicted molar refractivity (Wildman–Crippen MR) is 64.5 cm³/mol. The monoisotopic (exact) mass is 240 g/mol. The van der Waals surface area contributed by atoms with Crippen molar-refractivity contribution in [1.29, 1.82) is 0 Å². The topological polar surface area (TPSA) is 61.4 Å². The molecule has 0 radical (unpaired) electrons. The summed E-state index contributed by atoms with van der Waals surface area (Å²) in [4.78, 5) is 11.5. The number of nitrogens with one attached hydrogen (secondary N) is 2. The van der Waals surface area contributed by atoms with Crippen LogP contribution in [-0.2, 0) is 4.79 Å². The SMILES string of the molecule is CCC(C)NCC(=O)Nc1ccc(O)c(F)c1. The van der Waals surface area contributed by atoms with Gasteiger partial charge in [0.2, 0.25) is 5.91 Å². The van der Waals surface area contributed by atoms with E-state index in [1.54, 1.807) is 0 Å². The molecule has 1 unspecified atom stereocenters. The predicted octanol–water partition coefficient (Wildman–Crippen LogP) is 1.86. The van der Waals surface area contributed by atoms with Crippen molar-refractivity contribution < 1.29 is 14.3 Å². The van der Waals surface area contributed by atoms with Gasteiger partial charge in [-0.3, -0.25) is 4.79 Å². The summed E-state index contributed by atoms with van der Waals surface area (Å²) in [7, 11) is 0. The molecule has 5 heteroatoms. The van der Waals surface area contributed by atoms with Crippen molar-refractivity contribution in [3.8, 4) is 5.75 Å². The highest BCUT2D eigenvalue weighted by Gasteiger charge is 2.06. The Labute approximate surface area is 99.8 Å². The third-order valence-corrected chi connectivity index (χ3v) is 2.45. The molecule has 4 nitrogen and oxygen atoms in total. The quantitative estimate of drug-likeness (QED) is 0.688. The van der Waals surface area contributed by atoms with Crippen LogP contribution < -0.4 is 10.6 Å².